The minimum absolute atomic E-state index is 0.0297. The van der Waals surface area contributed by atoms with Crippen LogP contribution in [0.3, 0.4) is 0 Å². The van der Waals surface area contributed by atoms with E-state index >= 15 is 0 Å². The molecular weight excluding hydrogens is 276 g/mol. The summed E-state index contributed by atoms with van der Waals surface area (Å²) in [5, 5.41) is -0.422. The fourth-order valence-electron chi connectivity index (χ4n) is 2.93. The van der Waals surface area contributed by atoms with Crippen molar-refractivity contribution < 1.29 is 9.59 Å². The third-order valence-corrected chi connectivity index (χ3v) is 4.39. The fourth-order valence-corrected chi connectivity index (χ4v) is 3.07. The van der Waals surface area contributed by atoms with E-state index in [0.29, 0.717) is 6.54 Å². The lowest BCUT2D eigenvalue weighted by Gasteiger charge is -2.20. The van der Waals surface area contributed by atoms with E-state index in [9.17, 15) is 9.59 Å². The molecule has 0 bridgehead atoms. The van der Waals surface area contributed by atoms with Crippen LogP contribution in [0.15, 0.2) is 24.3 Å². The van der Waals surface area contributed by atoms with E-state index in [1.165, 1.54) is 18.5 Å². The first kappa shape index (κ1) is 13.4. The lowest BCUT2D eigenvalue weighted by Crippen LogP contribution is -2.25. The van der Waals surface area contributed by atoms with E-state index in [2.05, 4.69) is 4.90 Å². The first-order valence-electron chi connectivity index (χ1n) is 7.00. The lowest BCUT2D eigenvalue weighted by molar-refractivity contribution is -0.120. The van der Waals surface area contributed by atoms with Gasteiger partial charge in [0.1, 0.15) is 0 Å². The molecular formula is C15H17ClN2O2. The number of carbonyl (C=O) groups excluding carboxylic acids is 2. The SMILES string of the molecule is O=C(Cl)C1CC(=O)N(c2ccc(N3CCCC3)cc2)C1. The number of carbonyl (C=O) groups is 2. The number of halogens is 1. The highest BCUT2D eigenvalue weighted by Gasteiger charge is 2.34. The Morgan fingerprint density at radius 1 is 1.10 bits per heavy atom. The van der Waals surface area contributed by atoms with Crippen molar-refractivity contribution in [3.63, 3.8) is 0 Å². The highest BCUT2D eigenvalue weighted by molar-refractivity contribution is 6.64. The van der Waals surface area contributed by atoms with Crippen LogP contribution in [0.5, 0.6) is 0 Å². The van der Waals surface area contributed by atoms with Crippen LogP contribution in [0.4, 0.5) is 11.4 Å². The summed E-state index contributed by atoms with van der Waals surface area (Å²) >= 11 is 5.49. The number of amides is 1. The number of nitrogens with zero attached hydrogens (tertiary/aromatic N) is 2. The van der Waals surface area contributed by atoms with Crippen molar-refractivity contribution in [3.05, 3.63) is 24.3 Å². The maximum absolute atomic E-state index is 11.9. The summed E-state index contributed by atoms with van der Waals surface area (Å²) in [5.41, 5.74) is 2.04. The topological polar surface area (TPSA) is 40.6 Å². The minimum atomic E-state index is -0.422. The molecule has 0 spiro atoms. The summed E-state index contributed by atoms with van der Waals surface area (Å²) in [6, 6.07) is 7.99. The molecule has 0 radical (unpaired) electrons. The van der Waals surface area contributed by atoms with Crippen molar-refractivity contribution in [3.8, 4) is 0 Å². The summed E-state index contributed by atoms with van der Waals surface area (Å²) in [6.45, 7) is 2.60. The molecule has 0 aromatic heterocycles. The van der Waals surface area contributed by atoms with Gasteiger partial charge in [-0.25, -0.2) is 0 Å². The van der Waals surface area contributed by atoms with E-state index in [1.54, 1.807) is 4.90 Å². The molecule has 0 aliphatic carbocycles. The van der Waals surface area contributed by atoms with Crippen LogP contribution in [0, 0.1) is 5.92 Å². The van der Waals surface area contributed by atoms with Gasteiger partial charge >= 0.3 is 0 Å². The Morgan fingerprint density at radius 2 is 1.70 bits per heavy atom. The second kappa shape index (κ2) is 5.44. The number of hydrogen-bond acceptors (Lipinski definition) is 3. The molecule has 2 saturated heterocycles. The molecule has 2 heterocycles. The molecule has 0 saturated carbocycles. The van der Waals surface area contributed by atoms with Gasteiger partial charge in [0.15, 0.2) is 0 Å². The molecule has 106 valence electrons. The van der Waals surface area contributed by atoms with Gasteiger partial charge in [0, 0.05) is 37.4 Å². The smallest absolute Gasteiger partial charge is 0.227 e. The molecule has 1 aromatic rings. The second-order valence-electron chi connectivity index (χ2n) is 5.42. The Hall–Kier alpha value is -1.55. The molecule has 2 aliphatic rings. The van der Waals surface area contributed by atoms with Crippen LogP contribution in [-0.4, -0.2) is 30.8 Å². The average molecular weight is 293 g/mol. The summed E-state index contributed by atoms with van der Waals surface area (Å²) < 4.78 is 0. The fraction of sp³-hybridized carbons (Fsp3) is 0.467. The second-order valence-corrected chi connectivity index (χ2v) is 5.79. The molecule has 1 aromatic carbocycles. The van der Waals surface area contributed by atoms with Crippen LogP contribution in [0.1, 0.15) is 19.3 Å². The zero-order chi connectivity index (χ0) is 14.1. The zero-order valence-electron chi connectivity index (χ0n) is 11.2. The van der Waals surface area contributed by atoms with Crippen LogP contribution in [0.2, 0.25) is 0 Å². The number of rotatable bonds is 3. The normalized spacial score (nSPS) is 22.6. The predicted molar refractivity (Wildman–Crippen MR) is 79.2 cm³/mol. The molecule has 4 nitrogen and oxygen atoms in total. The molecule has 20 heavy (non-hydrogen) atoms. The summed E-state index contributed by atoms with van der Waals surface area (Å²) in [5.74, 6) is -0.402. The van der Waals surface area contributed by atoms with E-state index in [-0.39, 0.29) is 18.2 Å². The third kappa shape index (κ3) is 2.52. The number of benzene rings is 1. The van der Waals surface area contributed by atoms with Gasteiger partial charge in [-0.05, 0) is 48.7 Å². The van der Waals surface area contributed by atoms with Gasteiger partial charge in [-0.2, -0.15) is 0 Å². The monoisotopic (exact) mass is 292 g/mol. The summed E-state index contributed by atoms with van der Waals surface area (Å²) in [7, 11) is 0. The predicted octanol–water partition coefficient (Wildman–Crippen LogP) is 2.41. The minimum Gasteiger partial charge on any atom is -0.372 e. The lowest BCUT2D eigenvalue weighted by atomic mass is 10.1. The molecule has 5 heteroatoms. The molecule has 1 atom stereocenters. The Labute approximate surface area is 123 Å². The van der Waals surface area contributed by atoms with Crippen molar-refractivity contribution in [2.24, 2.45) is 5.92 Å². The van der Waals surface area contributed by atoms with Gasteiger partial charge < -0.3 is 9.80 Å². The van der Waals surface area contributed by atoms with Gasteiger partial charge in [0.25, 0.3) is 0 Å². The maximum Gasteiger partial charge on any atom is 0.227 e. The highest BCUT2D eigenvalue weighted by Crippen LogP contribution is 2.29. The Balaban J connectivity index is 1.74. The first-order valence-corrected chi connectivity index (χ1v) is 7.37. The Bertz CT molecular complexity index is 523. The van der Waals surface area contributed by atoms with Gasteiger partial charge in [0.2, 0.25) is 11.1 Å². The molecule has 1 unspecified atom stereocenters. The average Bonchev–Trinajstić information content (AvgIpc) is 3.08. The molecule has 2 fully saturated rings. The maximum atomic E-state index is 11.9. The van der Waals surface area contributed by atoms with Crippen molar-refractivity contribution >= 4 is 34.1 Å². The quantitative estimate of drug-likeness (QED) is 0.803. The van der Waals surface area contributed by atoms with Crippen LogP contribution < -0.4 is 9.80 Å². The van der Waals surface area contributed by atoms with E-state index in [4.69, 9.17) is 11.6 Å². The van der Waals surface area contributed by atoms with E-state index < -0.39 is 5.24 Å². The van der Waals surface area contributed by atoms with E-state index in [1.807, 2.05) is 24.3 Å². The molecule has 0 N–H and O–H groups in total. The standard InChI is InChI=1S/C15H17ClN2O2/c16-15(20)11-9-14(19)18(10-11)13-5-3-12(4-6-13)17-7-1-2-8-17/h3-6,11H,1-2,7-10H2. The van der Waals surface area contributed by atoms with Crippen molar-refractivity contribution in [2.45, 2.75) is 19.3 Å². The largest absolute Gasteiger partial charge is 0.372 e. The van der Waals surface area contributed by atoms with Crippen LogP contribution in [0.25, 0.3) is 0 Å². The molecule has 1 amide bonds. The summed E-state index contributed by atoms with van der Waals surface area (Å²) in [4.78, 5) is 27.1. The van der Waals surface area contributed by atoms with Gasteiger partial charge in [0.05, 0.1) is 5.92 Å². The van der Waals surface area contributed by atoms with Crippen molar-refractivity contribution in [2.75, 3.05) is 29.4 Å². The highest BCUT2D eigenvalue weighted by atomic mass is 35.5. The number of hydrogen-bond donors (Lipinski definition) is 0. The van der Waals surface area contributed by atoms with Crippen LogP contribution >= 0.6 is 11.6 Å². The number of anilines is 2. The van der Waals surface area contributed by atoms with Gasteiger partial charge in [-0.15, -0.1) is 0 Å². The van der Waals surface area contributed by atoms with Crippen molar-refractivity contribution in [1.82, 2.24) is 0 Å². The third-order valence-electron chi connectivity index (χ3n) is 4.08. The zero-order valence-corrected chi connectivity index (χ0v) is 12.0. The van der Waals surface area contributed by atoms with Gasteiger partial charge in [-0.1, -0.05) is 0 Å². The Morgan fingerprint density at radius 3 is 2.25 bits per heavy atom. The van der Waals surface area contributed by atoms with E-state index in [0.717, 1.165) is 18.8 Å². The first-order chi connectivity index (χ1) is 9.65. The van der Waals surface area contributed by atoms with Gasteiger partial charge in [-0.3, -0.25) is 9.59 Å². The van der Waals surface area contributed by atoms with Crippen molar-refractivity contribution in [1.29, 1.82) is 0 Å². The Kier molecular flexibility index (Phi) is 3.66. The van der Waals surface area contributed by atoms with Crippen LogP contribution in [-0.2, 0) is 9.59 Å². The molecule has 2 aliphatic heterocycles. The molecule has 3 rings (SSSR count). The summed E-state index contributed by atoms with van der Waals surface area (Å²) in [6.07, 6.45) is 2.70.